The molecule has 2 aliphatic carbocycles. The Morgan fingerprint density at radius 2 is 1.56 bits per heavy atom. The molecule has 0 aromatic carbocycles. The molecule has 2 fully saturated rings. The van der Waals surface area contributed by atoms with E-state index in [1.54, 1.807) is 0 Å². The first kappa shape index (κ1) is 12.4. The highest BCUT2D eigenvalue weighted by molar-refractivity contribution is 4.99. The molecule has 2 N–H and O–H groups in total. The summed E-state index contributed by atoms with van der Waals surface area (Å²) in [7, 11) is 0. The number of aliphatic hydroxyl groups is 1. The third-order valence-electron chi connectivity index (χ3n) is 4.83. The van der Waals surface area contributed by atoms with Crippen LogP contribution in [0.5, 0.6) is 0 Å². The Labute approximate surface area is 99.8 Å². The van der Waals surface area contributed by atoms with E-state index in [4.69, 9.17) is 0 Å². The molecule has 2 nitrogen and oxygen atoms in total. The Hall–Kier alpha value is -0.0800. The average molecular weight is 225 g/mol. The largest absolute Gasteiger partial charge is 0.394 e. The van der Waals surface area contributed by atoms with Crippen LogP contribution in [0.15, 0.2) is 0 Å². The van der Waals surface area contributed by atoms with Crippen LogP contribution >= 0.6 is 0 Å². The van der Waals surface area contributed by atoms with E-state index in [2.05, 4.69) is 19.2 Å². The van der Waals surface area contributed by atoms with Gasteiger partial charge in [-0.15, -0.1) is 0 Å². The summed E-state index contributed by atoms with van der Waals surface area (Å²) in [4.78, 5) is 0. The van der Waals surface area contributed by atoms with Gasteiger partial charge in [-0.25, -0.2) is 0 Å². The van der Waals surface area contributed by atoms with Crippen molar-refractivity contribution in [3.05, 3.63) is 0 Å². The Morgan fingerprint density at radius 3 is 2.00 bits per heavy atom. The van der Waals surface area contributed by atoms with Crippen molar-refractivity contribution in [1.82, 2.24) is 5.32 Å². The summed E-state index contributed by atoms with van der Waals surface area (Å²) in [6.07, 6.45) is 10.7. The molecule has 0 bridgehead atoms. The summed E-state index contributed by atoms with van der Waals surface area (Å²) in [5.41, 5.74) is 0.694. The van der Waals surface area contributed by atoms with Crippen molar-refractivity contribution < 1.29 is 5.11 Å². The third-order valence-corrected chi connectivity index (χ3v) is 4.83. The van der Waals surface area contributed by atoms with Gasteiger partial charge >= 0.3 is 0 Å². The van der Waals surface area contributed by atoms with Gasteiger partial charge in [0.15, 0.2) is 0 Å². The standard InChI is InChI=1S/C14H27NO/c1-12(2)15-14(11-16)9-7-13(8-10-14)5-3-4-6-13/h12,15-16H,3-11H2,1-2H3. The lowest BCUT2D eigenvalue weighted by molar-refractivity contribution is 0.0573. The fraction of sp³-hybridized carbons (Fsp3) is 1.00. The summed E-state index contributed by atoms with van der Waals surface area (Å²) in [5, 5.41) is 13.3. The molecule has 0 radical (unpaired) electrons. The van der Waals surface area contributed by atoms with Crippen LogP contribution in [-0.2, 0) is 0 Å². The van der Waals surface area contributed by atoms with Crippen molar-refractivity contribution in [1.29, 1.82) is 0 Å². The van der Waals surface area contributed by atoms with Crippen LogP contribution in [0.2, 0.25) is 0 Å². The minimum Gasteiger partial charge on any atom is -0.394 e. The number of aliphatic hydroxyl groups excluding tert-OH is 1. The second kappa shape index (κ2) is 4.66. The summed E-state index contributed by atoms with van der Waals surface area (Å²) >= 11 is 0. The normalized spacial score (nSPS) is 27.8. The molecule has 0 heterocycles. The molecular formula is C14H27NO. The average Bonchev–Trinajstić information content (AvgIpc) is 2.71. The molecule has 0 saturated heterocycles. The molecule has 0 unspecified atom stereocenters. The lowest BCUT2D eigenvalue weighted by Gasteiger charge is -2.45. The number of hydrogen-bond donors (Lipinski definition) is 2. The second-order valence-electron chi connectivity index (χ2n) is 6.44. The molecule has 0 aromatic heterocycles. The van der Waals surface area contributed by atoms with Crippen molar-refractivity contribution in [2.24, 2.45) is 5.41 Å². The van der Waals surface area contributed by atoms with Crippen molar-refractivity contribution in [3.8, 4) is 0 Å². The van der Waals surface area contributed by atoms with Gasteiger partial charge in [-0.3, -0.25) is 0 Å². The highest BCUT2D eigenvalue weighted by Gasteiger charge is 2.43. The number of nitrogens with one attached hydrogen (secondary N) is 1. The van der Waals surface area contributed by atoms with Crippen LogP contribution in [0.25, 0.3) is 0 Å². The van der Waals surface area contributed by atoms with Gasteiger partial charge in [-0.05, 0) is 43.9 Å². The Bertz CT molecular complexity index is 221. The quantitative estimate of drug-likeness (QED) is 0.774. The van der Waals surface area contributed by atoms with Crippen molar-refractivity contribution in [2.45, 2.75) is 76.8 Å². The van der Waals surface area contributed by atoms with Gasteiger partial charge in [0, 0.05) is 11.6 Å². The topological polar surface area (TPSA) is 32.3 Å². The van der Waals surface area contributed by atoms with Crippen molar-refractivity contribution in [2.75, 3.05) is 6.61 Å². The smallest absolute Gasteiger partial charge is 0.0613 e. The van der Waals surface area contributed by atoms with Gasteiger partial charge in [-0.1, -0.05) is 26.7 Å². The molecule has 0 atom stereocenters. The first-order valence-corrected chi connectivity index (χ1v) is 6.98. The SMILES string of the molecule is CC(C)NC1(CO)CCC2(CCCC2)CC1. The Kier molecular flexibility index (Phi) is 3.60. The molecule has 94 valence electrons. The molecular weight excluding hydrogens is 198 g/mol. The number of hydrogen-bond acceptors (Lipinski definition) is 2. The van der Waals surface area contributed by atoms with E-state index in [1.807, 2.05) is 0 Å². The highest BCUT2D eigenvalue weighted by Crippen LogP contribution is 2.51. The number of rotatable bonds is 3. The van der Waals surface area contributed by atoms with Crippen LogP contribution in [0, 0.1) is 5.41 Å². The van der Waals surface area contributed by atoms with E-state index in [0.717, 1.165) is 0 Å². The van der Waals surface area contributed by atoms with Crippen LogP contribution in [0.3, 0.4) is 0 Å². The van der Waals surface area contributed by atoms with Gasteiger partial charge in [0.05, 0.1) is 6.61 Å². The molecule has 2 saturated carbocycles. The third kappa shape index (κ3) is 2.43. The zero-order chi connectivity index (χ0) is 11.6. The maximum Gasteiger partial charge on any atom is 0.0613 e. The van der Waals surface area contributed by atoms with Crippen LogP contribution in [0.4, 0.5) is 0 Å². The molecule has 0 amide bonds. The first-order valence-electron chi connectivity index (χ1n) is 6.98. The molecule has 2 aliphatic rings. The van der Waals surface area contributed by atoms with Gasteiger partial charge in [0.25, 0.3) is 0 Å². The fourth-order valence-corrected chi connectivity index (χ4v) is 3.84. The zero-order valence-corrected chi connectivity index (χ0v) is 10.9. The maximum absolute atomic E-state index is 9.66. The van der Waals surface area contributed by atoms with Gasteiger partial charge in [0.2, 0.25) is 0 Å². The second-order valence-corrected chi connectivity index (χ2v) is 6.44. The summed E-state index contributed by atoms with van der Waals surface area (Å²) in [5.74, 6) is 0. The molecule has 16 heavy (non-hydrogen) atoms. The molecule has 2 heteroatoms. The monoisotopic (exact) mass is 225 g/mol. The van der Waals surface area contributed by atoms with Crippen molar-refractivity contribution in [3.63, 3.8) is 0 Å². The summed E-state index contributed by atoms with van der Waals surface area (Å²) < 4.78 is 0. The van der Waals surface area contributed by atoms with Gasteiger partial charge in [-0.2, -0.15) is 0 Å². The van der Waals surface area contributed by atoms with E-state index in [-0.39, 0.29) is 5.54 Å². The van der Waals surface area contributed by atoms with Crippen LogP contribution in [-0.4, -0.2) is 23.3 Å². The maximum atomic E-state index is 9.66. The molecule has 2 rings (SSSR count). The minimum absolute atomic E-state index is 0.0298. The van der Waals surface area contributed by atoms with E-state index in [1.165, 1.54) is 51.4 Å². The zero-order valence-electron chi connectivity index (χ0n) is 10.9. The van der Waals surface area contributed by atoms with E-state index in [0.29, 0.717) is 18.1 Å². The lowest BCUT2D eigenvalue weighted by atomic mass is 9.66. The lowest BCUT2D eigenvalue weighted by Crippen LogP contribution is -2.54. The molecule has 0 aliphatic heterocycles. The summed E-state index contributed by atoms with van der Waals surface area (Å²) in [6, 6.07) is 0.477. The van der Waals surface area contributed by atoms with Crippen LogP contribution in [0.1, 0.15) is 65.2 Å². The van der Waals surface area contributed by atoms with E-state index in [9.17, 15) is 5.11 Å². The molecule has 0 aromatic rings. The predicted octanol–water partition coefficient (Wildman–Crippen LogP) is 2.85. The minimum atomic E-state index is 0.0298. The Balaban J connectivity index is 1.95. The van der Waals surface area contributed by atoms with E-state index < -0.39 is 0 Å². The first-order chi connectivity index (χ1) is 7.60. The van der Waals surface area contributed by atoms with Gasteiger partial charge < -0.3 is 10.4 Å². The van der Waals surface area contributed by atoms with Crippen LogP contribution < -0.4 is 5.32 Å². The highest BCUT2D eigenvalue weighted by atomic mass is 16.3. The Morgan fingerprint density at radius 1 is 1.00 bits per heavy atom. The molecule has 1 spiro atoms. The van der Waals surface area contributed by atoms with Crippen molar-refractivity contribution >= 4 is 0 Å². The van der Waals surface area contributed by atoms with Gasteiger partial charge in [0.1, 0.15) is 0 Å². The fourth-order valence-electron chi connectivity index (χ4n) is 3.84. The summed E-state index contributed by atoms with van der Waals surface area (Å²) in [6.45, 7) is 4.66. The van der Waals surface area contributed by atoms with E-state index >= 15 is 0 Å². The predicted molar refractivity (Wildman–Crippen MR) is 67.5 cm³/mol.